The van der Waals surface area contributed by atoms with Gasteiger partial charge in [0.05, 0.1) is 0 Å². The Balaban J connectivity index is 2.13. The maximum Gasteiger partial charge on any atom is 0.194 e. The molecule has 2 atom stereocenters. The second-order valence-corrected chi connectivity index (χ2v) is 5.38. The molecule has 1 saturated heterocycles. The largest absolute Gasteiger partial charge is 0.311 e. The van der Waals surface area contributed by atoms with Crippen LogP contribution in [-0.4, -0.2) is 30.1 Å². The molecule has 0 spiro atoms. The van der Waals surface area contributed by atoms with Crippen LogP contribution in [0.1, 0.15) is 32.3 Å². The number of rotatable bonds is 4. The fourth-order valence-electron chi connectivity index (χ4n) is 2.73. The topological polar surface area (TPSA) is 15.3 Å². The lowest BCUT2D eigenvalue weighted by Gasteiger charge is -2.40. The van der Waals surface area contributed by atoms with E-state index in [0.717, 1.165) is 38.1 Å². The Bertz CT molecular complexity index is 441. The van der Waals surface area contributed by atoms with Gasteiger partial charge < -0.3 is 5.32 Å². The van der Waals surface area contributed by atoms with E-state index < -0.39 is 17.5 Å². The van der Waals surface area contributed by atoms with Gasteiger partial charge in [0, 0.05) is 31.7 Å². The van der Waals surface area contributed by atoms with Gasteiger partial charge in [-0.15, -0.1) is 0 Å². The first-order chi connectivity index (χ1) is 9.55. The average Bonchev–Trinajstić information content (AvgIpc) is 2.44. The van der Waals surface area contributed by atoms with Crippen LogP contribution in [0.15, 0.2) is 12.1 Å². The minimum atomic E-state index is -1.40. The summed E-state index contributed by atoms with van der Waals surface area (Å²) in [5, 5.41) is 3.47. The molecule has 5 heteroatoms. The highest BCUT2D eigenvalue weighted by Gasteiger charge is 2.26. The van der Waals surface area contributed by atoms with Gasteiger partial charge in [0.1, 0.15) is 0 Å². The quantitative estimate of drug-likeness (QED) is 0.856. The first-order valence-electron chi connectivity index (χ1n) is 7.16. The molecule has 1 fully saturated rings. The third-order valence-electron chi connectivity index (χ3n) is 4.01. The lowest BCUT2D eigenvalue weighted by Crippen LogP contribution is -2.55. The van der Waals surface area contributed by atoms with E-state index in [4.69, 9.17) is 0 Å². The molecule has 0 aromatic heterocycles. The molecular formula is C15H21F3N2. The zero-order chi connectivity index (χ0) is 14.7. The van der Waals surface area contributed by atoms with Crippen molar-refractivity contribution >= 4 is 0 Å². The van der Waals surface area contributed by atoms with Crippen molar-refractivity contribution in [1.82, 2.24) is 10.2 Å². The summed E-state index contributed by atoms with van der Waals surface area (Å²) in [4.78, 5) is 2.22. The van der Waals surface area contributed by atoms with Crippen LogP contribution in [0.2, 0.25) is 0 Å². The molecule has 1 heterocycles. The van der Waals surface area contributed by atoms with Crippen molar-refractivity contribution in [3.63, 3.8) is 0 Å². The summed E-state index contributed by atoms with van der Waals surface area (Å²) in [7, 11) is 0. The second-order valence-electron chi connectivity index (χ2n) is 5.38. The van der Waals surface area contributed by atoms with Crippen molar-refractivity contribution in [2.24, 2.45) is 0 Å². The monoisotopic (exact) mass is 286 g/mol. The fourth-order valence-corrected chi connectivity index (χ4v) is 2.73. The number of nitrogens with one attached hydrogen (secondary N) is 1. The van der Waals surface area contributed by atoms with E-state index in [1.165, 1.54) is 0 Å². The van der Waals surface area contributed by atoms with Crippen LogP contribution in [0.5, 0.6) is 0 Å². The molecule has 0 aliphatic carbocycles. The molecule has 1 aliphatic heterocycles. The molecule has 2 rings (SSSR count). The molecule has 2 nitrogen and oxygen atoms in total. The summed E-state index contributed by atoms with van der Waals surface area (Å²) in [6, 6.07) is 2.92. The van der Waals surface area contributed by atoms with Crippen LogP contribution in [0, 0.1) is 17.5 Å². The first kappa shape index (κ1) is 15.3. The van der Waals surface area contributed by atoms with Crippen molar-refractivity contribution in [1.29, 1.82) is 0 Å². The minimum Gasteiger partial charge on any atom is -0.311 e. The molecule has 0 bridgehead atoms. The molecule has 0 amide bonds. The highest BCUT2D eigenvalue weighted by Crippen LogP contribution is 2.19. The number of piperazine rings is 1. The molecule has 1 aliphatic rings. The van der Waals surface area contributed by atoms with Crippen molar-refractivity contribution in [2.45, 2.75) is 45.3 Å². The third kappa shape index (κ3) is 3.33. The van der Waals surface area contributed by atoms with Crippen molar-refractivity contribution in [3.05, 3.63) is 35.1 Å². The van der Waals surface area contributed by atoms with E-state index >= 15 is 0 Å². The van der Waals surface area contributed by atoms with E-state index in [2.05, 4.69) is 24.1 Å². The Morgan fingerprint density at radius 2 is 1.80 bits per heavy atom. The summed E-state index contributed by atoms with van der Waals surface area (Å²) in [6.45, 7) is 6.37. The molecule has 0 saturated carbocycles. The molecule has 1 aromatic rings. The maximum absolute atomic E-state index is 13.3. The van der Waals surface area contributed by atoms with E-state index in [0.29, 0.717) is 24.2 Å². The smallest absolute Gasteiger partial charge is 0.194 e. The van der Waals surface area contributed by atoms with Crippen LogP contribution in [0.3, 0.4) is 0 Å². The van der Waals surface area contributed by atoms with Gasteiger partial charge >= 0.3 is 0 Å². The molecule has 112 valence electrons. The third-order valence-corrected chi connectivity index (χ3v) is 4.01. The van der Waals surface area contributed by atoms with Gasteiger partial charge in [-0.05, 0) is 30.5 Å². The van der Waals surface area contributed by atoms with Crippen LogP contribution >= 0.6 is 0 Å². The molecule has 1 N–H and O–H groups in total. The minimum absolute atomic E-state index is 0.342. The van der Waals surface area contributed by atoms with Crippen LogP contribution in [0.25, 0.3) is 0 Å². The lowest BCUT2D eigenvalue weighted by molar-refractivity contribution is 0.117. The van der Waals surface area contributed by atoms with E-state index in [1.54, 1.807) is 0 Å². The van der Waals surface area contributed by atoms with Gasteiger partial charge in [0.15, 0.2) is 17.5 Å². The molecule has 1 aromatic carbocycles. The summed E-state index contributed by atoms with van der Waals surface area (Å²) in [6.07, 6.45) is 1.98. The zero-order valence-electron chi connectivity index (χ0n) is 11.9. The van der Waals surface area contributed by atoms with E-state index in [1.807, 2.05) is 0 Å². The predicted molar refractivity (Wildman–Crippen MR) is 72.9 cm³/mol. The summed E-state index contributed by atoms with van der Waals surface area (Å²) < 4.78 is 39.5. The van der Waals surface area contributed by atoms with Crippen LogP contribution in [0.4, 0.5) is 13.2 Å². The second kappa shape index (κ2) is 6.59. The first-order valence-corrected chi connectivity index (χ1v) is 7.16. The summed E-state index contributed by atoms with van der Waals surface area (Å²) in [5.74, 6) is -3.63. The van der Waals surface area contributed by atoms with Gasteiger partial charge in [-0.25, -0.2) is 13.2 Å². The number of benzene rings is 1. The Labute approximate surface area is 118 Å². The van der Waals surface area contributed by atoms with E-state index in [-0.39, 0.29) is 0 Å². The van der Waals surface area contributed by atoms with Gasteiger partial charge in [-0.1, -0.05) is 13.8 Å². The van der Waals surface area contributed by atoms with Crippen LogP contribution < -0.4 is 5.32 Å². The van der Waals surface area contributed by atoms with E-state index in [9.17, 15) is 13.2 Å². The normalized spacial score (nSPS) is 24.1. The number of hydrogen-bond acceptors (Lipinski definition) is 2. The standard InChI is InChI=1S/C15H21F3N2/c1-3-11-9-20(12(4-2)7-19-11)8-10-5-13(16)15(18)14(17)6-10/h5-6,11-12,19H,3-4,7-9H2,1-2H3. The predicted octanol–water partition coefficient (Wildman–Crippen LogP) is 3.07. The highest BCUT2D eigenvalue weighted by molar-refractivity contribution is 5.19. The van der Waals surface area contributed by atoms with Crippen molar-refractivity contribution in [2.75, 3.05) is 13.1 Å². The average molecular weight is 286 g/mol. The molecule has 2 unspecified atom stereocenters. The van der Waals surface area contributed by atoms with Gasteiger partial charge in [0.2, 0.25) is 0 Å². The Hall–Kier alpha value is -1.07. The molecule has 20 heavy (non-hydrogen) atoms. The fraction of sp³-hybridized carbons (Fsp3) is 0.600. The number of hydrogen-bond donors (Lipinski definition) is 1. The van der Waals surface area contributed by atoms with Gasteiger partial charge in [-0.3, -0.25) is 4.90 Å². The van der Waals surface area contributed by atoms with Crippen molar-refractivity contribution in [3.8, 4) is 0 Å². The Kier molecular flexibility index (Phi) is 5.05. The number of nitrogens with zero attached hydrogens (tertiary/aromatic N) is 1. The molecule has 0 radical (unpaired) electrons. The summed E-state index contributed by atoms with van der Waals surface area (Å²) in [5.41, 5.74) is 0.483. The maximum atomic E-state index is 13.3. The van der Waals surface area contributed by atoms with Gasteiger partial charge in [0.25, 0.3) is 0 Å². The Morgan fingerprint density at radius 3 is 2.35 bits per heavy atom. The number of halogens is 3. The zero-order valence-corrected chi connectivity index (χ0v) is 11.9. The van der Waals surface area contributed by atoms with Crippen LogP contribution in [-0.2, 0) is 6.54 Å². The Morgan fingerprint density at radius 1 is 1.15 bits per heavy atom. The summed E-state index contributed by atoms with van der Waals surface area (Å²) >= 11 is 0. The SMILES string of the molecule is CCC1CN(Cc2cc(F)c(F)c(F)c2)C(CC)CN1. The van der Waals surface area contributed by atoms with Gasteiger partial charge in [-0.2, -0.15) is 0 Å². The molecular weight excluding hydrogens is 265 g/mol. The lowest BCUT2D eigenvalue weighted by atomic mass is 10.0. The highest BCUT2D eigenvalue weighted by atomic mass is 19.2. The van der Waals surface area contributed by atoms with Crippen molar-refractivity contribution < 1.29 is 13.2 Å².